The molecule has 2 atom stereocenters. The summed E-state index contributed by atoms with van der Waals surface area (Å²) in [6.45, 7) is 4.23. The van der Waals surface area contributed by atoms with Crippen LogP contribution in [-0.2, 0) is 4.79 Å². The van der Waals surface area contributed by atoms with Crippen molar-refractivity contribution in [3.05, 3.63) is 0 Å². The maximum Gasteiger partial charge on any atom is 0.237 e. The van der Waals surface area contributed by atoms with Crippen molar-refractivity contribution in [2.45, 2.75) is 64.0 Å². The van der Waals surface area contributed by atoms with Gasteiger partial charge in [-0.05, 0) is 45.1 Å². The van der Waals surface area contributed by atoms with E-state index < -0.39 is 0 Å². The summed E-state index contributed by atoms with van der Waals surface area (Å²) in [6, 6.07) is 0.380. The van der Waals surface area contributed by atoms with Crippen LogP contribution in [0.5, 0.6) is 0 Å². The quantitative estimate of drug-likeness (QED) is 0.795. The molecule has 1 amide bonds. The molecule has 0 spiro atoms. The second kappa shape index (κ2) is 7.25. The van der Waals surface area contributed by atoms with Crippen molar-refractivity contribution in [2.75, 3.05) is 19.7 Å². The van der Waals surface area contributed by atoms with Crippen molar-refractivity contribution in [2.24, 2.45) is 5.92 Å². The Labute approximate surface area is 116 Å². The number of nitrogens with zero attached hydrogens (tertiary/aromatic N) is 1. The Morgan fingerprint density at radius 3 is 2.74 bits per heavy atom. The van der Waals surface area contributed by atoms with Gasteiger partial charge in [-0.1, -0.05) is 19.3 Å². The second-order valence-corrected chi connectivity index (χ2v) is 6.18. The highest BCUT2D eigenvalue weighted by molar-refractivity contribution is 5.81. The molecule has 2 fully saturated rings. The van der Waals surface area contributed by atoms with Crippen molar-refractivity contribution >= 4 is 5.91 Å². The zero-order valence-electron chi connectivity index (χ0n) is 12.1. The molecule has 2 unspecified atom stereocenters. The average Bonchev–Trinajstić information content (AvgIpc) is 2.88. The first-order chi connectivity index (χ1) is 9.20. The summed E-state index contributed by atoms with van der Waals surface area (Å²) in [5.41, 5.74) is 0. The van der Waals surface area contributed by atoms with E-state index in [1.165, 1.54) is 19.3 Å². The Balaban J connectivity index is 1.75. The number of rotatable bonds is 5. The molecule has 2 aliphatic rings. The fraction of sp³-hybridized carbons (Fsp3) is 0.933. The molecule has 0 radical (unpaired) electrons. The molecular weight excluding hydrogens is 240 g/mol. The smallest absolute Gasteiger partial charge is 0.237 e. The number of aliphatic hydroxyl groups is 1. The van der Waals surface area contributed by atoms with Crippen LogP contribution >= 0.6 is 0 Å². The van der Waals surface area contributed by atoms with Gasteiger partial charge in [-0.25, -0.2) is 0 Å². The number of aliphatic hydroxyl groups excluding tert-OH is 1. The molecule has 4 heteroatoms. The van der Waals surface area contributed by atoms with Crippen LogP contribution in [0.1, 0.15) is 51.9 Å². The normalized spacial score (nSPS) is 27.4. The summed E-state index contributed by atoms with van der Waals surface area (Å²) in [5, 5.41) is 12.2. The molecule has 1 saturated carbocycles. The van der Waals surface area contributed by atoms with Crippen molar-refractivity contribution < 1.29 is 9.90 Å². The van der Waals surface area contributed by atoms with Gasteiger partial charge in [-0.15, -0.1) is 0 Å². The highest BCUT2D eigenvalue weighted by Gasteiger charge is 2.30. The second-order valence-electron chi connectivity index (χ2n) is 6.18. The Kier molecular flexibility index (Phi) is 5.64. The molecule has 1 heterocycles. The van der Waals surface area contributed by atoms with E-state index in [1.807, 2.05) is 6.92 Å². The molecular formula is C15H28N2O2. The molecule has 4 nitrogen and oxygen atoms in total. The minimum absolute atomic E-state index is 0.0226. The summed E-state index contributed by atoms with van der Waals surface area (Å²) in [4.78, 5) is 14.5. The third-order valence-corrected chi connectivity index (χ3v) is 4.73. The number of likely N-dealkylation sites (tertiary alicyclic amines) is 1. The fourth-order valence-electron chi connectivity index (χ4n) is 3.37. The number of hydrogen-bond acceptors (Lipinski definition) is 3. The number of carbonyl (C=O) groups is 1. The lowest BCUT2D eigenvalue weighted by atomic mass is 9.95. The lowest BCUT2D eigenvalue weighted by molar-refractivity contribution is -0.126. The zero-order valence-corrected chi connectivity index (χ0v) is 12.1. The van der Waals surface area contributed by atoms with Gasteiger partial charge >= 0.3 is 0 Å². The Morgan fingerprint density at radius 2 is 2.05 bits per heavy atom. The molecule has 1 aliphatic heterocycles. The van der Waals surface area contributed by atoms with E-state index in [0.717, 1.165) is 38.8 Å². The molecule has 1 saturated heterocycles. The Hall–Kier alpha value is -0.610. The van der Waals surface area contributed by atoms with Gasteiger partial charge in [-0.3, -0.25) is 9.69 Å². The van der Waals surface area contributed by atoms with Crippen LogP contribution in [0.3, 0.4) is 0 Å². The first-order valence-electron chi connectivity index (χ1n) is 7.86. The molecule has 1 aliphatic carbocycles. The van der Waals surface area contributed by atoms with Crippen molar-refractivity contribution in [3.8, 4) is 0 Å². The number of nitrogens with one attached hydrogen (secondary N) is 1. The molecule has 0 aromatic carbocycles. The lowest BCUT2D eigenvalue weighted by Gasteiger charge is -2.28. The summed E-state index contributed by atoms with van der Waals surface area (Å²) >= 11 is 0. The highest BCUT2D eigenvalue weighted by atomic mass is 16.3. The predicted octanol–water partition coefficient (Wildman–Crippen LogP) is 1.53. The van der Waals surface area contributed by atoms with Crippen molar-refractivity contribution in [1.82, 2.24) is 10.2 Å². The van der Waals surface area contributed by atoms with Gasteiger partial charge in [0.1, 0.15) is 0 Å². The first kappa shape index (κ1) is 14.8. The molecule has 0 bridgehead atoms. The van der Waals surface area contributed by atoms with Crippen LogP contribution in [0.2, 0.25) is 0 Å². The number of amides is 1. The van der Waals surface area contributed by atoms with Gasteiger partial charge in [0, 0.05) is 19.2 Å². The van der Waals surface area contributed by atoms with E-state index in [0.29, 0.717) is 12.0 Å². The van der Waals surface area contributed by atoms with Crippen LogP contribution in [0.4, 0.5) is 0 Å². The summed E-state index contributed by atoms with van der Waals surface area (Å²) < 4.78 is 0. The summed E-state index contributed by atoms with van der Waals surface area (Å²) in [7, 11) is 0. The van der Waals surface area contributed by atoms with Gasteiger partial charge in [-0.2, -0.15) is 0 Å². The topological polar surface area (TPSA) is 52.6 Å². The van der Waals surface area contributed by atoms with Gasteiger partial charge in [0.25, 0.3) is 0 Å². The summed E-state index contributed by atoms with van der Waals surface area (Å²) in [5.74, 6) is 0.756. The average molecular weight is 268 g/mol. The molecule has 0 aromatic rings. The van der Waals surface area contributed by atoms with Crippen LogP contribution in [0, 0.1) is 5.92 Å². The van der Waals surface area contributed by atoms with Crippen LogP contribution < -0.4 is 5.32 Å². The first-order valence-corrected chi connectivity index (χ1v) is 7.86. The van der Waals surface area contributed by atoms with Crippen LogP contribution in [0.15, 0.2) is 0 Å². The van der Waals surface area contributed by atoms with Crippen LogP contribution in [-0.4, -0.2) is 47.7 Å². The maximum atomic E-state index is 12.3. The van der Waals surface area contributed by atoms with E-state index in [1.54, 1.807) is 0 Å². The minimum atomic E-state index is -0.0226. The van der Waals surface area contributed by atoms with E-state index in [9.17, 15) is 4.79 Å². The standard InChI is InChI=1S/C15H28N2O2/c1-12(17-9-7-13(11-17)8-10-18)15(19)16-14-5-3-2-4-6-14/h12-14,18H,2-11H2,1H3,(H,16,19). The monoisotopic (exact) mass is 268 g/mol. The van der Waals surface area contributed by atoms with Crippen LogP contribution in [0.25, 0.3) is 0 Å². The highest BCUT2D eigenvalue weighted by Crippen LogP contribution is 2.22. The lowest BCUT2D eigenvalue weighted by Crippen LogP contribution is -2.48. The van der Waals surface area contributed by atoms with E-state index in [4.69, 9.17) is 5.11 Å². The van der Waals surface area contributed by atoms with Crippen molar-refractivity contribution in [1.29, 1.82) is 0 Å². The minimum Gasteiger partial charge on any atom is -0.396 e. The zero-order chi connectivity index (χ0) is 13.7. The third-order valence-electron chi connectivity index (χ3n) is 4.73. The molecule has 0 aromatic heterocycles. The third kappa shape index (κ3) is 4.18. The molecule has 110 valence electrons. The van der Waals surface area contributed by atoms with Gasteiger partial charge < -0.3 is 10.4 Å². The molecule has 2 rings (SSSR count). The predicted molar refractivity (Wildman–Crippen MR) is 75.9 cm³/mol. The SMILES string of the molecule is CC(C(=O)NC1CCCCC1)N1CCC(CCO)C1. The van der Waals surface area contributed by atoms with E-state index in [-0.39, 0.29) is 18.6 Å². The van der Waals surface area contributed by atoms with Gasteiger partial charge in [0.15, 0.2) is 0 Å². The van der Waals surface area contributed by atoms with Gasteiger partial charge in [0.2, 0.25) is 5.91 Å². The number of hydrogen-bond donors (Lipinski definition) is 2. The van der Waals surface area contributed by atoms with Crippen molar-refractivity contribution in [3.63, 3.8) is 0 Å². The summed E-state index contributed by atoms with van der Waals surface area (Å²) in [6.07, 6.45) is 8.09. The largest absolute Gasteiger partial charge is 0.396 e. The number of carbonyl (C=O) groups excluding carboxylic acids is 1. The van der Waals surface area contributed by atoms with E-state index >= 15 is 0 Å². The molecule has 2 N–H and O–H groups in total. The molecule has 19 heavy (non-hydrogen) atoms. The fourth-order valence-corrected chi connectivity index (χ4v) is 3.37. The Morgan fingerprint density at radius 1 is 1.32 bits per heavy atom. The van der Waals surface area contributed by atoms with E-state index in [2.05, 4.69) is 10.2 Å². The van der Waals surface area contributed by atoms with Gasteiger partial charge in [0.05, 0.1) is 6.04 Å². The Bertz CT molecular complexity index is 290. The maximum absolute atomic E-state index is 12.3.